The quantitative estimate of drug-likeness (QED) is 0.734. The van der Waals surface area contributed by atoms with Crippen LogP contribution in [0.3, 0.4) is 0 Å². The van der Waals surface area contributed by atoms with Crippen LogP contribution in [-0.4, -0.2) is 12.3 Å². The Morgan fingerprint density at radius 1 is 1.14 bits per heavy atom. The fourth-order valence-electron chi connectivity index (χ4n) is 1.74. The van der Waals surface area contributed by atoms with Crippen LogP contribution >= 0.6 is 35.0 Å². The summed E-state index contributed by atoms with van der Waals surface area (Å²) in [4.78, 5) is 13.0. The zero-order chi connectivity index (χ0) is 15.4. The topological polar surface area (TPSA) is 38.3 Å². The highest BCUT2D eigenvalue weighted by Crippen LogP contribution is 2.26. The van der Waals surface area contributed by atoms with E-state index in [-0.39, 0.29) is 0 Å². The molecule has 6 heteroatoms. The summed E-state index contributed by atoms with van der Waals surface area (Å²) < 4.78 is 5.23. The first-order valence-corrected chi connectivity index (χ1v) is 8.06. The second-order valence-electron chi connectivity index (χ2n) is 4.27. The van der Waals surface area contributed by atoms with Gasteiger partial charge in [0.2, 0.25) is 0 Å². The summed E-state index contributed by atoms with van der Waals surface area (Å²) in [6.45, 7) is 1.97. The minimum Gasteiger partial charge on any atom is -0.410 e. The molecule has 0 heterocycles. The molecular formula is C15H13Cl2NO2S. The van der Waals surface area contributed by atoms with Crippen molar-refractivity contribution in [3.63, 3.8) is 0 Å². The molecule has 3 nitrogen and oxygen atoms in total. The molecule has 0 spiro atoms. The Kier molecular flexibility index (Phi) is 5.39. The average Bonchev–Trinajstić information content (AvgIpc) is 2.43. The summed E-state index contributed by atoms with van der Waals surface area (Å²) in [5.74, 6) is 0.489. The number of ether oxygens (including phenoxy) is 1. The maximum Gasteiger partial charge on any atom is 0.417 e. The van der Waals surface area contributed by atoms with Crippen molar-refractivity contribution < 1.29 is 9.53 Å². The number of thioether (sulfide) groups is 1. The number of amides is 1. The minimum absolute atomic E-state index is 0.370. The molecule has 0 aromatic heterocycles. The van der Waals surface area contributed by atoms with Crippen LogP contribution in [0.15, 0.2) is 41.3 Å². The number of carbonyl (C=O) groups is 1. The molecule has 2 aromatic carbocycles. The number of halogens is 2. The van der Waals surface area contributed by atoms with Crippen LogP contribution in [0.1, 0.15) is 5.56 Å². The third-order valence-electron chi connectivity index (χ3n) is 2.74. The van der Waals surface area contributed by atoms with Gasteiger partial charge in [-0.25, -0.2) is 4.79 Å². The highest BCUT2D eigenvalue weighted by atomic mass is 35.5. The number of benzene rings is 2. The van der Waals surface area contributed by atoms with Crippen molar-refractivity contribution in [2.45, 2.75) is 11.8 Å². The first-order valence-electron chi connectivity index (χ1n) is 6.08. The van der Waals surface area contributed by atoms with Gasteiger partial charge >= 0.3 is 6.09 Å². The normalized spacial score (nSPS) is 10.3. The van der Waals surface area contributed by atoms with E-state index in [4.69, 9.17) is 27.9 Å². The fourth-order valence-corrected chi connectivity index (χ4v) is 2.62. The molecule has 21 heavy (non-hydrogen) atoms. The molecule has 1 N–H and O–H groups in total. The van der Waals surface area contributed by atoms with Crippen LogP contribution < -0.4 is 10.1 Å². The molecule has 2 rings (SSSR count). The lowest BCUT2D eigenvalue weighted by atomic mass is 10.2. The van der Waals surface area contributed by atoms with Crippen molar-refractivity contribution in [3.8, 4) is 5.75 Å². The Balaban J connectivity index is 2.04. The first-order chi connectivity index (χ1) is 9.99. The van der Waals surface area contributed by atoms with E-state index >= 15 is 0 Å². The number of rotatable bonds is 3. The van der Waals surface area contributed by atoms with Crippen LogP contribution in [-0.2, 0) is 0 Å². The molecule has 110 valence electrons. The maximum absolute atomic E-state index is 11.8. The van der Waals surface area contributed by atoms with E-state index in [0.29, 0.717) is 21.5 Å². The Morgan fingerprint density at radius 3 is 2.52 bits per heavy atom. The Labute approximate surface area is 137 Å². The van der Waals surface area contributed by atoms with Crippen LogP contribution in [0.25, 0.3) is 0 Å². The van der Waals surface area contributed by atoms with Crippen molar-refractivity contribution in [2.75, 3.05) is 11.6 Å². The van der Waals surface area contributed by atoms with E-state index in [1.54, 1.807) is 36.0 Å². The van der Waals surface area contributed by atoms with Gasteiger partial charge in [-0.05, 0) is 55.1 Å². The van der Waals surface area contributed by atoms with E-state index in [1.807, 2.05) is 25.3 Å². The maximum atomic E-state index is 11.8. The summed E-state index contributed by atoms with van der Waals surface area (Å²) in [7, 11) is 0. The molecule has 0 radical (unpaired) electrons. The zero-order valence-electron chi connectivity index (χ0n) is 11.4. The number of carbonyl (C=O) groups excluding carboxylic acids is 1. The van der Waals surface area contributed by atoms with Crippen molar-refractivity contribution in [3.05, 3.63) is 52.0 Å². The monoisotopic (exact) mass is 341 g/mol. The number of aryl methyl sites for hydroxylation is 1. The van der Waals surface area contributed by atoms with Crippen molar-refractivity contribution in [1.29, 1.82) is 0 Å². The molecule has 0 saturated heterocycles. The molecule has 2 aromatic rings. The highest BCUT2D eigenvalue weighted by Gasteiger charge is 2.08. The smallest absolute Gasteiger partial charge is 0.410 e. The van der Waals surface area contributed by atoms with Gasteiger partial charge in [0.15, 0.2) is 0 Å². The van der Waals surface area contributed by atoms with E-state index in [2.05, 4.69) is 5.32 Å². The van der Waals surface area contributed by atoms with Gasteiger partial charge in [-0.2, -0.15) is 0 Å². The molecule has 1 amide bonds. The number of nitrogens with one attached hydrogen (secondary N) is 1. The lowest BCUT2D eigenvalue weighted by Crippen LogP contribution is -2.16. The van der Waals surface area contributed by atoms with E-state index in [9.17, 15) is 4.79 Å². The largest absolute Gasteiger partial charge is 0.417 e. The van der Waals surface area contributed by atoms with Crippen LogP contribution in [0.5, 0.6) is 5.75 Å². The molecule has 0 fully saturated rings. The average molecular weight is 342 g/mol. The van der Waals surface area contributed by atoms with Gasteiger partial charge in [0.1, 0.15) is 5.75 Å². The van der Waals surface area contributed by atoms with Gasteiger partial charge in [-0.3, -0.25) is 5.32 Å². The van der Waals surface area contributed by atoms with Crippen LogP contribution in [0.4, 0.5) is 10.5 Å². The molecule has 0 aliphatic carbocycles. The third-order valence-corrected chi connectivity index (χ3v) is 4.38. The number of anilines is 1. The molecule has 0 aliphatic heterocycles. The predicted octanol–water partition coefficient (Wildman–Crippen LogP) is 5.63. The Morgan fingerprint density at radius 2 is 1.90 bits per heavy atom. The molecular weight excluding hydrogens is 329 g/mol. The third kappa shape index (κ3) is 4.30. The van der Waals surface area contributed by atoms with E-state index < -0.39 is 6.09 Å². The Bertz CT molecular complexity index is 677. The summed E-state index contributed by atoms with van der Waals surface area (Å²) in [6, 6.07) is 10.3. The first kappa shape index (κ1) is 16.0. The predicted molar refractivity (Wildman–Crippen MR) is 89.1 cm³/mol. The van der Waals surface area contributed by atoms with Crippen LogP contribution in [0.2, 0.25) is 10.0 Å². The standard InChI is InChI=1S/C15H13Cl2NO2S/c1-9-7-11(4-6-14(9)21-2)20-15(19)18-10-3-5-12(16)13(17)8-10/h3-8H,1-2H3,(H,18,19). The molecule has 0 aliphatic rings. The molecule has 0 saturated carbocycles. The lowest BCUT2D eigenvalue weighted by Gasteiger charge is -2.09. The summed E-state index contributed by atoms with van der Waals surface area (Å²) in [5, 5.41) is 3.40. The summed E-state index contributed by atoms with van der Waals surface area (Å²) in [6.07, 6.45) is 1.42. The van der Waals surface area contributed by atoms with E-state index in [0.717, 1.165) is 10.5 Å². The Hall–Kier alpha value is -1.36. The van der Waals surface area contributed by atoms with Gasteiger partial charge < -0.3 is 4.74 Å². The van der Waals surface area contributed by atoms with Crippen molar-refractivity contribution >= 4 is 46.7 Å². The fraction of sp³-hybridized carbons (Fsp3) is 0.133. The summed E-state index contributed by atoms with van der Waals surface area (Å²) >= 11 is 13.3. The molecule has 0 unspecified atom stereocenters. The number of hydrogen-bond acceptors (Lipinski definition) is 3. The van der Waals surface area contributed by atoms with Crippen molar-refractivity contribution in [1.82, 2.24) is 0 Å². The SMILES string of the molecule is CSc1ccc(OC(=O)Nc2ccc(Cl)c(Cl)c2)cc1C. The van der Waals surface area contributed by atoms with Gasteiger partial charge in [-0.1, -0.05) is 23.2 Å². The minimum atomic E-state index is -0.579. The molecule has 0 atom stereocenters. The summed E-state index contributed by atoms with van der Waals surface area (Å²) in [5.41, 5.74) is 1.58. The lowest BCUT2D eigenvalue weighted by molar-refractivity contribution is 0.215. The molecule has 0 bridgehead atoms. The van der Waals surface area contributed by atoms with E-state index in [1.165, 1.54) is 0 Å². The van der Waals surface area contributed by atoms with Crippen molar-refractivity contribution in [2.24, 2.45) is 0 Å². The zero-order valence-corrected chi connectivity index (χ0v) is 13.8. The highest BCUT2D eigenvalue weighted by molar-refractivity contribution is 7.98. The van der Waals surface area contributed by atoms with Gasteiger partial charge in [0.05, 0.1) is 10.0 Å². The second kappa shape index (κ2) is 7.07. The van der Waals surface area contributed by atoms with Gasteiger partial charge in [0, 0.05) is 10.6 Å². The van der Waals surface area contributed by atoms with Gasteiger partial charge in [-0.15, -0.1) is 11.8 Å². The number of hydrogen-bond donors (Lipinski definition) is 1. The van der Waals surface area contributed by atoms with Gasteiger partial charge in [0.25, 0.3) is 0 Å². The van der Waals surface area contributed by atoms with Crippen LogP contribution in [0, 0.1) is 6.92 Å². The second-order valence-corrected chi connectivity index (χ2v) is 5.94.